The van der Waals surface area contributed by atoms with Crippen molar-refractivity contribution in [1.82, 2.24) is 30.4 Å². The Labute approximate surface area is 170 Å². The second kappa shape index (κ2) is 10.7. The van der Waals surface area contributed by atoms with Gasteiger partial charge in [0.15, 0.2) is 11.8 Å². The van der Waals surface area contributed by atoms with Crippen molar-refractivity contribution >= 4 is 41.3 Å². The van der Waals surface area contributed by atoms with Crippen molar-refractivity contribution in [3.63, 3.8) is 0 Å². The lowest BCUT2D eigenvalue weighted by molar-refractivity contribution is 0.716. The quantitative estimate of drug-likeness (QED) is 0.278. The Hall–Kier alpha value is -1.23. The Morgan fingerprint density at radius 3 is 2.52 bits per heavy atom. The number of thiazole rings is 1. The van der Waals surface area contributed by atoms with E-state index in [1.165, 1.54) is 4.88 Å². The number of hydrogen-bond acceptors (Lipinski definition) is 5. The van der Waals surface area contributed by atoms with Crippen LogP contribution < -0.4 is 10.6 Å². The minimum atomic E-state index is 0. The Balaban J connectivity index is 0.00000312. The van der Waals surface area contributed by atoms with Gasteiger partial charge in [-0.2, -0.15) is 0 Å². The second-order valence-corrected chi connectivity index (χ2v) is 7.05. The number of aryl methyl sites for hydroxylation is 3. The molecule has 140 valence electrons. The highest BCUT2D eigenvalue weighted by molar-refractivity contribution is 14.0. The number of rotatable bonds is 7. The topological polar surface area (TPSA) is 80.0 Å². The maximum absolute atomic E-state index is 4.65. The van der Waals surface area contributed by atoms with Gasteiger partial charge in [0.25, 0.3) is 0 Å². The molecule has 0 aliphatic rings. The van der Waals surface area contributed by atoms with Gasteiger partial charge in [-0.3, -0.25) is 0 Å². The minimum Gasteiger partial charge on any atom is -0.356 e. The Bertz CT molecular complexity index is 693. The van der Waals surface area contributed by atoms with E-state index in [9.17, 15) is 0 Å². The van der Waals surface area contributed by atoms with Crippen molar-refractivity contribution in [3.05, 3.63) is 27.2 Å². The summed E-state index contributed by atoms with van der Waals surface area (Å²) in [5, 5.41) is 16.1. The lowest BCUT2D eigenvalue weighted by atomic mass is 10.3. The molecule has 2 aromatic rings. The highest BCUT2D eigenvalue weighted by Gasteiger charge is 2.08. The standard InChI is InChI=1S/C16H27N7S.HI/c1-6-7-8-17-16(18-9-14-11(2)20-13(4)24-14)19-10-15-22-21-12(3)23(15)5;/h6-10H2,1-5H3,(H2,17,18,19);1H. The smallest absolute Gasteiger partial charge is 0.192 e. The van der Waals surface area contributed by atoms with Gasteiger partial charge in [-0.05, 0) is 27.2 Å². The molecular weight excluding hydrogens is 449 g/mol. The Kier molecular flexibility index (Phi) is 9.33. The van der Waals surface area contributed by atoms with E-state index in [0.29, 0.717) is 6.54 Å². The fourth-order valence-corrected chi connectivity index (χ4v) is 3.07. The highest BCUT2D eigenvalue weighted by Crippen LogP contribution is 2.16. The normalized spacial score (nSPS) is 11.3. The minimum absolute atomic E-state index is 0. The Morgan fingerprint density at radius 2 is 1.96 bits per heavy atom. The fraction of sp³-hybridized carbons (Fsp3) is 0.625. The molecule has 2 rings (SSSR count). The summed E-state index contributed by atoms with van der Waals surface area (Å²) in [6.45, 7) is 10.3. The molecule has 0 fully saturated rings. The van der Waals surface area contributed by atoms with Crippen LogP contribution in [0.15, 0.2) is 4.99 Å². The first-order valence-corrected chi connectivity index (χ1v) is 9.12. The molecule has 2 heterocycles. The number of hydrogen-bond donors (Lipinski definition) is 2. The molecule has 7 nitrogen and oxygen atoms in total. The molecule has 0 aliphatic carbocycles. The molecule has 2 aromatic heterocycles. The summed E-state index contributed by atoms with van der Waals surface area (Å²) in [4.78, 5) is 10.4. The molecule has 0 atom stereocenters. The predicted molar refractivity (Wildman–Crippen MR) is 114 cm³/mol. The summed E-state index contributed by atoms with van der Waals surface area (Å²) in [6.07, 6.45) is 2.26. The van der Waals surface area contributed by atoms with Crippen LogP contribution in [0.4, 0.5) is 0 Å². The maximum atomic E-state index is 4.65. The molecule has 2 N–H and O–H groups in total. The van der Waals surface area contributed by atoms with E-state index in [4.69, 9.17) is 0 Å². The zero-order valence-electron chi connectivity index (χ0n) is 15.6. The van der Waals surface area contributed by atoms with Gasteiger partial charge in [-0.25, -0.2) is 9.98 Å². The Morgan fingerprint density at radius 1 is 1.20 bits per heavy atom. The van der Waals surface area contributed by atoms with Gasteiger partial charge in [-0.15, -0.1) is 45.5 Å². The van der Waals surface area contributed by atoms with Crippen molar-refractivity contribution in [2.75, 3.05) is 6.54 Å². The van der Waals surface area contributed by atoms with Crippen molar-refractivity contribution in [1.29, 1.82) is 0 Å². The zero-order chi connectivity index (χ0) is 17.5. The van der Waals surface area contributed by atoms with Gasteiger partial charge in [0, 0.05) is 18.5 Å². The van der Waals surface area contributed by atoms with Gasteiger partial charge >= 0.3 is 0 Å². The van der Waals surface area contributed by atoms with Crippen LogP contribution in [0.1, 0.15) is 47.0 Å². The molecular formula is C16H28IN7S. The number of aliphatic imine (C=N–C) groups is 1. The molecule has 0 bridgehead atoms. The lowest BCUT2D eigenvalue weighted by Gasteiger charge is -2.12. The van der Waals surface area contributed by atoms with Crippen LogP contribution in [-0.2, 0) is 20.1 Å². The van der Waals surface area contributed by atoms with Gasteiger partial charge in [0.2, 0.25) is 0 Å². The average molecular weight is 477 g/mol. The molecule has 0 amide bonds. The molecule has 0 unspecified atom stereocenters. The van der Waals surface area contributed by atoms with Crippen molar-refractivity contribution in [2.24, 2.45) is 12.0 Å². The summed E-state index contributed by atoms with van der Waals surface area (Å²) < 4.78 is 1.96. The van der Waals surface area contributed by atoms with E-state index in [1.54, 1.807) is 11.3 Å². The summed E-state index contributed by atoms with van der Waals surface area (Å²) >= 11 is 1.72. The molecule has 9 heteroatoms. The van der Waals surface area contributed by atoms with Crippen LogP contribution in [0, 0.1) is 20.8 Å². The largest absolute Gasteiger partial charge is 0.356 e. The lowest BCUT2D eigenvalue weighted by Crippen LogP contribution is -2.37. The number of unbranched alkanes of at least 4 members (excludes halogenated alkanes) is 1. The molecule has 0 saturated carbocycles. The van der Waals surface area contributed by atoms with Crippen molar-refractivity contribution in [3.8, 4) is 0 Å². The predicted octanol–water partition coefficient (Wildman–Crippen LogP) is 2.85. The number of halogens is 1. The van der Waals surface area contributed by atoms with Crippen LogP contribution in [0.5, 0.6) is 0 Å². The first kappa shape index (κ1) is 21.8. The van der Waals surface area contributed by atoms with E-state index in [1.807, 2.05) is 32.4 Å². The molecule has 0 spiro atoms. The van der Waals surface area contributed by atoms with E-state index < -0.39 is 0 Å². The number of guanidine groups is 1. The SMILES string of the molecule is CCCCNC(=NCc1nnc(C)n1C)NCc1sc(C)nc1C.I. The number of nitrogens with one attached hydrogen (secondary N) is 2. The van der Waals surface area contributed by atoms with E-state index >= 15 is 0 Å². The molecule has 0 saturated heterocycles. The average Bonchev–Trinajstić information content (AvgIpc) is 3.04. The van der Waals surface area contributed by atoms with Crippen LogP contribution >= 0.6 is 35.3 Å². The first-order chi connectivity index (χ1) is 11.5. The highest BCUT2D eigenvalue weighted by atomic mass is 127. The molecule has 25 heavy (non-hydrogen) atoms. The third-order valence-corrected chi connectivity index (χ3v) is 4.87. The molecule has 0 radical (unpaired) electrons. The third-order valence-electron chi connectivity index (χ3n) is 3.80. The van der Waals surface area contributed by atoms with Gasteiger partial charge < -0.3 is 15.2 Å². The van der Waals surface area contributed by atoms with E-state index in [2.05, 4.69) is 37.7 Å². The third kappa shape index (κ3) is 6.53. The van der Waals surface area contributed by atoms with Crippen LogP contribution in [0.25, 0.3) is 0 Å². The number of nitrogens with zero attached hydrogens (tertiary/aromatic N) is 5. The first-order valence-electron chi connectivity index (χ1n) is 8.31. The fourth-order valence-electron chi connectivity index (χ4n) is 2.20. The number of aromatic nitrogens is 4. The van der Waals surface area contributed by atoms with Gasteiger partial charge in [0.05, 0.1) is 17.2 Å². The monoisotopic (exact) mass is 477 g/mol. The van der Waals surface area contributed by atoms with Gasteiger partial charge in [0.1, 0.15) is 12.4 Å². The van der Waals surface area contributed by atoms with E-state index in [-0.39, 0.29) is 24.0 Å². The summed E-state index contributed by atoms with van der Waals surface area (Å²) in [5.74, 6) is 2.55. The molecule has 0 aromatic carbocycles. The van der Waals surface area contributed by atoms with Crippen LogP contribution in [0.2, 0.25) is 0 Å². The summed E-state index contributed by atoms with van der Waals surface area (Å²) in [5.41, 5.74) is 1.09. The van der Waals surface area contributed by atoms with Crippen molar-refractivity contribution < 1.29 is 0 Å². The van der Waals surface area contributed by atoms with Crippen molar-refractivity contribution in [2.45, 2.75) is 53.6 Å². The summed E-state index contributed by atoms with van der Waals surface area (Å²) in [7, 11) is 1.96. The second-order valence-electron chi connectivity index (χ2n) is 5.76. The maximum Gasteiger partial charge on any atom is 0.192 e. The zero-order valence-corrected chi connectivity index (χ0v) is 18.7. The van der Waals surface area contributed by atoms with E-state index in [0.717, 1.165) is 54.2 Å². The van der Waals surface area contributed by atoms with Crippen LogP contribution in [0.3, 0.4) is 0 Å². The van der Waals surface area contributed by atoms with Gasteiger partial charge in [-0.1, -0.05) is 13.3 Å². The summed E-state index contributed by atoms with van der Waals surface area (Å²) in [6, 6.07) is 0. The van der Waals surface area contributed by atoms with Crippen LogP contribution in [-0.4, -0.2) is 32.3 Å². The molecule has 0 aliphatic heterocycles.